The minimum Gasteiger partial charge on any atom is -0.392 e. The molecule has 0 radical (unpaired) electrons. The van der Waals surface area contributed by atoms with E-state index in [4.69, 9.17) is 4.74 Å². The Hall–Kier alpha value is -0.340. The number of fused-ring (bicyclic) bond motifs is 2. The van der Waals surface area contributed by atoms with Gasteiger partial charge in [-0.05, 0) is 6.92 Å². The highest BCUT2D eigenvalue weighted by Gasteiger charge is 2.48. The summed E-state index contributed by atoms with van der Waals surface area (Å²) in [6.07, 6.45) is 4.07. The van der Waals surface area contributed by atoms with Crippen molar-refractivity contribution < 1.29 is 9.84 Å². The lowest BCUT2D eigenvalue weighted by atomic mass is 9.80. The van der Waals surface area contributed by atoms with Gasteiger partial charge in [-0.15, -0.1) is 0 Å². The van der Waals surface area contributed by atoms with Gasteiger partial charge in [-0.2, -0.15) is 0 Å². The molecule has 2 bridgehead atoms. The fourth-order valence-corrected chi connectivity index (χ4v) is 2.19. The van der Waals surface area contributed by atoms with Gasteiger partial charge < -0.3 is 9.84 Å². The fourth-order valence-electron chi connectivity index (χ4n) is 2.19. The van der Waals surface area contributed by atoms with Crippen LogP contribution in [0.3, 0.4) is 0 Å². The van der Waals surface area contributed by atoms with Crippen molar-refractivity contribution in [2.75, 3.05) is 0 Å². The van der Waals surface area contributed by atoms with Crippen molar-refractivity contribution in [3.63, 3.8) is 0 Å². The Labute approximate surface area is 73.2 Å². The first-order chi connectivity index (χ1) is 5.54. The van der Waals surface area contributed by atoms with E-state index >= 15 is 0 Å². The number of ether oxygens (including phenoxy) is 1. The molecule has 0 aromatic carbocycles. The molecular weight excluding hydrogens is 152 g/mol. The number of aliphatic hydroxyl groups is 1. The molecule has 2 nitrogen and oxygen atoms in total. The zero-order valence-electron chi connectivity index (χ0n) is 7.82. The van der Waals surface area contributed by atoms with E-state index in [1.54, 1.807) is 0 Å². The molecule has 5 atom stereocenters. The first-order valence-electron chi connectivity index (χ1n) is 4.60. The molecule has 2 heterocycles. The van der Waals surface area contributed by atoms with E-state index in [9.17, 15) is 5.11 Å². The van der Waals surface area contributed by atoms with Gasteiger partial charge in [-0.3, -0.25) is 0 Å². The van der Waals surface area contributed by atoms with Crippen molar-refractivity contribution in [3.05, 3.63) is 12.2 Å². The normalized spacial score (nSPS) is 57.7. The quantitative estimate of drug-likeness (QED) is 0.553. The maximum atomic E-state index is 9.87. The van der Waals surface area contributed by atoms with Crippen LogP contribution in [0.15, 0.2) is 12.2 Å². The summed E-state index contributed by atoms with van der Waals surface area (Å²) in [5, 5.41) is 9.87. The van der Waals surface area contributed by atoms with Gasteiger partial charge in [-0.1, -0.05) is 26.0 Å². The lowest BCUT2D eigenvalue weighted by molar-refractivity contribution is -0.163. The standard InChI is InChI=1S/C10H16O2/c1-6-8-4-5-10(3,12-8)7(2)9(6)11/h4-9,11H,1-3H3. The van der Waals surface area contributed by atoms with Gasteiger partial charge in [0.25, 0.3) is 0 Å². The van der Waals surface area contributed by atoms with E-state index in [0.717, 1.165) is 0 Å². The van der Waals surface area contributed by atoms with Gasteiger partial charge in [-0.25, -0.2) is 0 Å². The van der Waals surface area contributed by atoms with Gasteiger partial charge >= 0.3 is 0 Å². The van der Waals surface area contributed by atoms with Crippen LogP contribution in [0, 0.1) is 11.8 Å². The molecule has 5 unspecified atom stereocenters. The molecule has 0 aliphatic carbocycles. The molecule has 0 saturated carbocycles. The van der Waals surface area contributed by atoms with Crippen LogP contribution in [0.5, 0.6) is 0 Å². The van der Waals surface area contributed by atoms with E-state index in [1.807, 2.05) is 20.8 Å². The van der Waals surface area contributed by atoms with Crippen LogP contribution in [-0.2, 0) is 4.74 Å². The molecular formula is C10H16O2. The Morgan fingerprint density at radius 1 is 1.42 bits per heavy atom. The zero-order chi connectivity index (χ0) is 8.93. The molecule has 1 saturated heterocycles. The molecule has 0 aromatic heterocycles. The van der Waals surface area contributed by atoms with Crippen molar-refractivity contribution in [2.24, 2.45) is 11.8 Å². The van der Waals surface area contributed by atoms with Gasteiger partial charge in [0.2, 0.25) is 0 Å². The molecule has 1 N–H and O–H groups in total. The van der Waals surface area contributed by atoms with E-state index in [2.05, 4.69) is 12.2 Å². The average Bonchev–Trinajstić information content (AvgIpc) is 2.41. The topological polar surface area (TPSA) is 29.5 Å². The lowest BCUT2D eigenvalue weighted by Crippen LogP contribution is -2.50. The number of hydrogen-bond donors (Lipinski definition) is 1. The summed E-state index contributed by atoms with van der Waals surface area (Å²) in [4.78, 5) is 0. The second-order valence-electron chi connectivity index (χ2n) is 4.26. The summed E-state index contributed by atoms with van der Waals surface area (Å²) in [7, 11) is 0. The van der Waals surface area contributed by atoms with Gasteiger partial charge in [0.15, 0.2) is 0 Å². The van der Waals surface area contributed by atoms with Gasteiger partial charge in [0.1, 0.15) is 0 Å². The van der Waals surface area contributed by atoms with Crippen molar-refractivity contribution in [1.82, 2.24) is 0 Å². The second-order valence-corrected chi connectivity index (χ2v) is 4.26. The average molecular weight is 168 g/mol. The Morgan fingerprint density at radius 2 is 2.08 bits per heavy atom. The number of hydrogen-bond acceptors (Lipinski definition) is 2. The first kappa shape index (κ1) is 8.27. The molecule has 0 amide bonds. The van der Waals surface area contributed by atoms with Crippen LogP contribution in [0.25, 0.3) is 0 Å². The lowest BCUT2D eigenvalue weighted by Gasteiger charge is -2.43. The monoisotopic (exact) mass is 168 g/mol. The Kier molecular flexibility index (Phi) is 1.61. The van der Waals surface area contributed by atoms with Crippen molar-refractivity contribution >= 4 is 0 Å². The second kappa shape index (κ2) is 2.33. The van der Waals surface area contributed by atoms with Crippen LogP contribution in [-0.4, -0.2) is 22.9 Å². The van der Waals surface area contributed by atoms with Gasteiger partial charge in [0.05, 0.1) is 17.8 Å². The third kappa shape index (κ3) is 0.882. The summed E-state index contributed by atoms with van der Waals surface area (Å²) in [5.41, 5.74) is -0.226. The van der Waals surface area contributed by atoms with Gasteiger partial charge in [0, 0.05) is 11.8 Å². The third-order valence-corrected chi connectivity index (χ3v) is 3.48. The molecule has 2 heteroatoms. The third-order valence-electron chi connectivity index (χ3n) is 3.48. The highest BCUT2D eigenvalue weighted by molar-refractivity contribution is 5.18. The molecule has 2 aliphatic heterocycles. The van der Waals surface area contributed by atoms with Crippen LogP contribution in [0.1, 0.15) is 20.8 Å². The van der Waals surface area contributed by atoms with E-state index in [1.165, 1.54) is 0 Å². The summed E-state index contributed by atoms with van der Waals surface area (Å²) in [5.74, 6) is 0.425. The van der Waals surface area contributed by atoms with Crippen LogP contribution in [0.2, 0.25) is 0 Å². The largest absolute Gasteiger partial charge is 0.392 e. The minimum absolute atomic E-state index is 0.126. The summed E-state index contributed by atoms with van der Waals surface area (Å²) in [6, 6.07) is 0. The summed E-state index contributed by atoms with van der Waals surface area (Å²) < 4.78 is 5.81. The van der Waals surface area contributed by atoms with E-state index < -0.39 is 0 Å². The van der Waals surface area contributed by atoms with Crippen molar-refractivity contribution in [3.8, 4) is 0 Å². The van der Waals surface area contributed by atoms with Crippen LogP contribution < -0.4 is 0 Å². The van der Waals surface area contributed by atoms with Crippen LogP contribution in [0.4, 0.5) is 0 Å². The van der Waals surface area contributed by atoms with Crippen molar-refractivity contribution in [2.45, 2.75) is 38.6 Å². The Balaban J connectivity index is 2.31. The highest BCUT2D eigenvalue weighted by Crippen LogP contribution is 2.42. The molecule has 1 fully saturated rings. The summed E-state index contributed by atoms with van der Waals surface area (Å²) in [6.45, 7) is 6.14. The Bertz CT molecular complexity index is 224. The van der Waals surface area contributed by atoms with E-state index in [0.29, 0.717) is 0 Å². The maximum Gasteiger partial charge on any atom is 0.0893 e. The van der Waals surface area contributed by atoms with E-state index in [-0.39, 0.29) is 29.6 Å². The smallest absolute Gasteiger partial charge is 0.0893 e. The number of rotatable bonds is 0. The molecule has 0 spiro atoms. The molecule has 12 heavy (non-hydrogen) atoms. The Morgan fingerprint density at radius 3 is 2.75 bits per heavy atom. The minimum atomic E-state index is -0.233. The maximum absolute atomic E-state index is 9.87. The molecule has 68 valence electrons. The highest BCUT2D eigenvalue weighted by atomic mass is 16.5. The molecule has 2 rings (SSSR count). The first-order valence-corrected chi connectivity index (χ1v) is 4.60. The SMILES string of the molecule is CC1C2C=CC(C)(O2)C(C)C1O. The predicted octanol–water partition coefficient (Wildman–Crippen LogP) is 1.35. The zero-order valence-corrected chi connectivity index (χ0v) is 7.82. The summed E-state index contributed by atoms with van der Waals surface area (Å²) >= 11 is 0. The fraction of sp³-hybridized carbons (Fsp3) is 0.800. The van der Waals surface area contributed by atoms with Crippen LogP contribution >= 0.6 is 0 Å². The predicted molar refractivity (Wildman–Crippen MR) is 46.8 cm³/mol. The molecule has 0 aromatic rings. The molecule has 2 aliphatic rings. The van der Waals surface area contributed by atoms with Crippen molar-refractivity contribution in [1.29, 1.82) is 0 Å². The number of aliphatic hydroxyl groups excluding tert-OH is 1.